The molecule has 8 heteroatoms. The van der Waals surface area contributed by atoms with E-state index in [9.17, 15) is 14.0 Å². The van der Waals surface area contributed by atoms with Gasteiger partial charge in [-0.2, -0.15) is 0 Å². The molecule has 6 nitrogen and oxygen atoms in total. The van der Waals surface area contributed by atoms with Gasteiger partial charge in [0.1, 0.15) is 16.9 Å². The Balaban J connectivity index is 1.70. The zero-order chi connectivity index (χ0) is 21.0. The summed E-state index contributed by atoms with van der Waals surface area (Å²) in [5.74, 6) is -1.62. The average Bonchev–Trinajstić information content (AvgIpc) is 3.14. The van der Waals surface area contributed by atoms with Crippen LogP contribution in [0.3, 0.4) is 0 Å². The van der Waals surface area contributed by atoms with Gasteiger partial charge in [0.25, 0.3) is 5.91 Å². The van der Waals surface area contributed by atoms with Gasteiger partial charge in [-0.15, -0.1) is 10.2 Å². The molecule has 1 heterocycles. The van der Waals surface area contributed by atoms with Gasteiger partial charge in [-0.25, -0.2) is 4.39 Å². The van der Waals surface area contributed by atoms with Crippen molar-refractivity contribution in [1.29, 1.82) is 0 Å². The van der Waals surface area contributed by atoms with Crippen LogP contribution in [0.15, 0.2) is 48.5 Å². The van der Waals surface area contributed by atoms with Gasteiger partial charge >= 0.3 is 0 Å². The molecule has 3 aromatic rings. The van der Waals surface area contributed by atoms with Gasteiger partial charge in [-0.3, -0.25) is 14.9 Å². The molecule has 0 unspecified atom stereocenters. The number of amides is 2. The zero-order valence-electron chi connectivity index (χ0n) is 16.3. The SMILES string of the molecule is Cc1ccc(-c2nnc(NC(=O)[C@@H](NC(=O)c3cccc(F)c3)C(C)C)s2)cc1. The Kier molecular flexibility index (Phi) is 6.33. The Bertz CT molecular complexity index is 1020. The number of aryl methyl sites for hydroxylation is 1. The maximum Gasteiger partial charge on any atom is 0.252 e. The van der Waals surface area contributed by atoms with E-state index in [-0.39, 0.29) is 11.5 Å². The first-order valence-electron chi connectivity index (χ1n) is 9.11. The third kappa shape index (κ3) is 5.23. The summed E-state index contributed by atoms with van der Waals surface area (Å²) in [7, 11) is 0. The van der Waals surface area contributed by atoms with Crippen LogP contribution in [0, 0.1) is 18.7 Å². The average molecular weight is 412 g/mol. The molecule has 1 aromatic heterocycles. The fourth-order valence-corrected chi connectivity index (χ4v) is 3.41. The number of hydrogen-bond acceptors (Lipinski definition) is 5. The van der Waals surface area contributed by atoms with Crippen molar-refractivity contribution in [3.05, 3.63) is 65.5 Å². The third-order valence-corrected chi connectivity index (χ3v) is 5.16. The van der Waals surface area contributed by atoms with Crippen LogP contribution >= 0.6 is 11.3 Å². The van der Waals surface area contributed by atoms with E-state index in [1.165, 1.54) is 29.5 Å². The predicted octanol–water partition coefficient (Wildman–Crippen LogP) is 4.05. The number of carbonyl (C=O) groups excluding carboxylic acids is 2. The molecule has 0 aliphatic carbocycles. The van der Waals surface area contributed by atoms with E-state index in [4.69, 9.17) is 0 Å². The largest absolute Gasteiger partial charge is 0.340 e. The molecule has 2 aromatic carbocycles. The van der Waals surface area contributed by atoms with Crippen molar-refractivity contribution in [2.75, 3.05) is 5.32 Å². The molecule has 29 heavy (non-hydrogen) atoms. The standard InChI is InChI=1S/C21H21FN4O2S/c1-12(2)17(23-18(27)15-5-4-6-16(22)11-15)19(28)24-21-26-25-20(29-21)14-9-7-13(3)8-10-14/h4-12,17H,1-3H3,(H,23,27)(H,24,26,28)/t17-/m0/s1. The van der Waals surface area contributed by atoms with Gasteiger partial charge in [-0.1, -0.05) is 61.1 Å². The summed E-state index contributed by atoms with van der Waals surface area (Å²) in [6.07, 6.45) is 0. The molecule has 1 atom stereocenters. The van der Waals surface area contributed by atoms with Gasteiger partial charge in [0.15, 0.2) is 0 Å². The highest BCUT2D eigenvalue weighted by molar-refractivity contribution is 7.18. The van der Waals surface area contributed by atoms with Crippen LogP contribution in [0.4, 0.5) is 9.52 Å². The quantitative estimate of drug-likeness (QED) is 0.640. The molecular weight excluding hydrogens is 391 g/mol. The van der Waals surface area contributed by atoms with Crippen molar-refractivity contribution in [3.8, 4) is 10.6 Å². The number of hydrogen-bond donors (Lipinski definition) is 2. The van der Waals surface area contributed by atoms with E-state index < -0.39 is 23.7 Å². The molecule has 0 saturated carbocycles. The number of aromatic nitrogens is 2. The molecular formula is C21H21FN4O2S. The molecule has 2 amide bonds. The van der Waals surface area contributed by atoms with Gasteiger partial charge < -0.3 is 5.32 Å². The van der Waals surface area contributed by atoms with Crippen LogP contribution < -0.4 is 10.6 Å². The molecule has 0 saturated heterocycles. The van der Waals surface area contributed by atoms with E-state index in [1.54, 1.807) is 0 Å². The number of benzene rings is 2. The summed E-state index contributed by atoms with van der Waals surface area (Å²) in [4.78, 5) is 25.1. The van der Waals surface area contributed by atoms with Gasteiger partial charge in [-0.05, 0) is 31.0 Å². The van der Waals surface area contributed by atoms with Crippen molar-refractivity contribution in [1.82, 2.24) is 15.5 Å². The maximum absolute atomic E-state index is 13.4. The second-order valence-electron chi connectivity index (χ2n) is 6.97. The molecule has 150 valence electrons. The molecule has 0 fully saturated rings. The Morgan fingerprint density at radius 2 is 1.79 bits per heavy atom. The first-order valence-corrected chi connectivity index (χ1v) is 9.93. The fourth-order valence-electron chi connectivity index (χ4n) is 2.66. The van der Waals surface area contributed by atoms with Crippen LogP contribution in [-0.2, 0) is 4.79 Å². The first kappa shape index (κ1) is 20.6. The molecule has 2 N–H and O–H groups in total. The number of rotatable bonds is 6. The predicted molar refractivity (Wildman–Crippen MR) is 111 cm³/mol. The number of anilines is 1. The highest BCUT2D eigenvalue weighted by Crippen LogP contribution is 2.26. The Morgan fingerprint density at radius 3 is 2.45 bits per heavy atom. The van der Waals surface area contributed by atoms with E-state index in [2.05, 4.69) is 20.8 Å². The van der Waals surface area contributed by atoms with Crippen LogP contribution in [0.5, 0.6) is 0 Å². The Labute approximate surface area is 172 Å². The number of nitrogens with zero attached hydrogens (tertiary/aromatic N) is 2. The van der Waals surface area contributed by atoms with Crippen LogP contribution in [-0.4, -0.2) is 28.1 Å². The van der Waals surface area contributed by atoms with Crippen molar-refractivity contribution < 1.29 is 14.0 Å². The second kappa shape index (κ2) is 8.91. The topological polar surface area (TPSA) is 84.0 Å². The smallest absolute Gasteiger partial charge is 0.252 e. The van der Waals surface area contributed by atoms with Crippen molar-refractivity contribution in [3.63, 3.8) is 0 Å². The summed E-state index contributed by atoms with van der Waals surface area (Å²) in [5.41, 5.74) is 2.20. The van der Waals surface area contributed by atoms with E-state index in [0.29, 0.717) is 10.1 Å². The minimum absolute atomic E-state index is 0.154. The number of carbonyl (C=O) groups is 2. The summed E-state index contributed by atoms with van der Waals surface area (Å²) < 4.78 is 13.4. The molecule has 0 spiro atoms. The zero-order valence-corrected chi connectivity index (χ0v) is 17.1. The lowest BCUT2D eigenvalue weighted by Crippen LogP contribution is -2.47. The lowest BCUT2D eigenvalue weighted by atomic mass is 10.0. The highest BCUT2D eigenvalue weighted by atomic mass is 32.1. The minimum Gasteiger partial charge on any atom is -0.340 e. The van der Waals surface area contributed by atoms with E-state index in [1.807, 2.05) is 45.0 Å². The third-order valence-electron chi connectivity index (χ3n) is 4.28. The normalized spacial score (nSPS) is 11.9. The molecule has 0 aliphatic rings. The van der Waals surface area contributed by atoms with Gasteiger partial charge in [0, 0.05) is 11.1 Å². The van der Waals surface area contributed by atoms with Crippen molar-refractivity contribution >= 4 is 28.3 Å². The first-order chi connectivity index (χ1) is 13.8. The summed E-state index contributed by atoms with van der Waals surface area (Å²) >= 11 is 1.25. The molecule has 0 aliphatic heterocycles. The molecule has 0 bridgehead atoms. The van der Waals surface area contributed by atoms with Crippen molar-refractivity contribution in [2.45, 2.75) is 26.8 Å². The maximum atomic E-state index is 13.4. The highest BCUT2D eigenvalue weighted by Gasteiger charge is 2.26. The van der Waals surface area contributed by atoms with E-state index >= 15 is 0 Å². The van der Waals surface area contributed by atoms with Gasteiger partial charge in [0.2, 0.25) is 11.0 Å². The molecule has 3 rings (SSSR count). The monoisotopic (exact) mass is 412 g/mol. The molecule has 0 radical (unpaired) electrons. The summed E-state index contributed by atoms with van der Waals surface area (Å²) in [6, 6.07) is 12.4. The van der Waals surface area contributed by atoms with Crippen LogP contribution in [0.25, 0.3) is 10.6 Å². The summed E-state index contributed by atoms with van der Waals surface area (Å²) in [5, 5.41) is 14.5. The van der Waals surface area contributed by atoms with Crippen LogP contribution in [0.2, 0.25) is 0 Å². The minimum atomic E-state index is -0.808. The number of nitrogens with one attached hydrogen (secondary N) is 2. The summed E-state index contributed by atoms with van der Waals surface area (Å²) in [6.45, 7) is 5.63. The number of halogens is 1. The van der Waals surface area contributed by atoms with Gasteiger partial charge in [0.05, 0.1) is 0 Å². The lowest BCUT2D eigenvalue weighted by molar-refractivity contribution is -0.118. The van der Waals surface area contributed by atoms with E-state index in [0.717, 1.165) is 17.2 Å². The van der Waals surface area contributed by atoms with Crippen LogP contribution in [0.1, 0.15) is 29.8 Å². The Hall–Kier alpha value is -3.13. The second-order valence-corrected chi connectivity index (χ2v) is 7.95. The fraction of sp³-hybridized carbons (Fsp3) is 0.238. The lowest BCUT2D eigenvalue weighted by Gasteiger charge is -2.21. The van der Waals surface area contributed by atoms with Crippen molar-refractivity contribution in [2.24, 2.45) is 5.92 Å². The Morgan fingerprint density at radius 1 is 1.07 bits per heavy atom.